The van der Waals surface area contributed by atoms with E-state index < -0.39 is 24.7 Å². The van der Waals surface area contributed by atoms with Gasteiger partial charge in [-0.05, 0) is 18.6 Å². The highest BCUT2D eigenvalue weighted by Crippen LogP contribution is 2.23. The van der Waals surface area contributed by atoms with Crippen LogP contribution in [-0.2, 0) is 23.5 Å². The molecule has 0 saturated heterocycles. The molecule has 1 heterocycles. The van der Waals surface area contributed by atoms with E-state index in [1.165, 1.54) is 6.08 Å². The third kappa shape index (κ3) is 1.65. The Kier molecular flexibility index (Phi) is 2.58. The summed E-state index contributed by atoms with van der Waals surface area (Å²) >= 11 is 0. The second kappa shape index (κ2) is 3.35. The van der Waals surface area contributed by atoms with E-state index in [0.717, 1.165) is 0 Å². The van der Waals surface area contributed by atoms with E-state index in [-0.39, 0.29) is 9.93 Å². The molecule has 1 unspecified atom stereocenters. The molecule has 0 fully saturated rings. The van der Waals surface area contributed by atoms with E-state index >= 15 is 0 Å². The maximum atomic E-state index is 10.7. The van der Waals surface area contributed by atoms with Gasteiger partial charge in [0.05, 0.1) is 5.03 Å². The van der Waals surface area contributed by atoms with Gasteiger partial charge in [0.1, 0.15) is 4.91 Å². The fraction of sp³-hybridized carbons (Fsp3) is 0.167. The van der Waals surface area contributed by atoms with Gasteiger partial charge in [-0.25, -0.2) is 4.79 Å². The second-order valence-electron chi connectivity index (χ2n) is 2.33. The van der Waals surface area contributed by atoms with Crippen LogP contribution >= 0.6 is 0 Å². The summed E-state index contributed by atoms with van der Waals surface area (Å²) in [5, 5.41) is 8.77. The number of hydrogen-bond donors (Lipinski definition) is 2. The minimum Gasteiger partial charge on any atom is -0.477 e. The van der Waals surface area contributed by atoms with Gasteiger partial charge in [0.25, 0.3) is 9.26 Å². The molecule has 1 aliphatic heterocycles. The molecule has 13 heavy (non-hydrogen) atoms. The van der Waals surface area contributed by atoms with Crippen molar-refractivity contribution in [3.05, 3.63) is 21.6 Å². The van der Waals surface area contributed by atoms with Crippen molar-refractivity contribution in [2.24, 2.45) is 5.73 Å². The lowest BCUT2D eigenvalue weighted by molar-refractivity contribution is -0.131. The third-order valence-electron chi connectivity index (χ3n) is 1.48. The zero-order chi connectivity index (χ0) is 10.2. The van der Waals surface area contributed by atoms with E-state index in [4.69, 9.17) is 10.8 Å². The van der Waals surface area contributed by atoms with Gasteiger partial charge in [0.15, 0.2) is 0 Å². The molecular weight excluding hydrogens is 214 g/mol. The molecule has 0 amide bonds. The summed E-state index contributed by atoms with van der Waals surface area (Å²) < 4.78 is 21.3. The van der Waals surface area contributed by atoms with Crippen LogP contribution in [0.15, 0.2) is 21.6 Å². The Balaban J connectivity index is 3.47. The average molecular weight is 221 g/mol. The summed E-state index contributed by atoms with van der Waals surface area (Å²) in [5.74, 6) is -1.24. The molecule has 7 heteroatoms. The van der Waals surface area contributed by atoms with Crippen LogP contribution < -0.4 is 5.73 Å². The second-order valence-corrected chi connectivity index (χ2v) is 5.98. The Hall–Kier alpha value is -1.08. The lowest BCUT2D eigenvalue weighted by Crippen LogP contribution is -2.10. The monoisotopic (exact) mass is 221 g/mol. The highest BCUT2D eigenvalue weighted by atomic mass is 32.9. The molecule has 0 aromatic carbocycles. The molecule has 0 aromatic heterocycles. The first kappa shape index (κ1) is 10.0. The predicted octanol–water partition coefficient (Wildman–Crippen LogP) is -0.429. The smallest absolute Gasteiger partial charge is 0.343 e. The van der Waals surface area contributed by atoms with E-state index in [9.17, 15) is 13.2 Å². The molecule has 5 nitrogen and oxygen atoms in total. The number of nitrogens with two attached hydrogens (primary N) is 1. The van der Waals surface area contributed by atoms with E-state index in [1.54, 1.807) is 6.92 Å². The molecule has 0 aromatic rings. The minimum atomic E-state index is -2.50. The van der Waals surface area contributed by atoms with Gasteiger partial charge in [-0.1, -0.05) is 0 Å². The summed E-state index contributed by atoms with van der Waals surface area (Å²) in [6.07, 6.45) is 1.29. The fourth-order valence-corrected chi connectivity index (χ4v) is 3.83. The maximum Gasteiger partial charge on any atom is 0.343 e. The molecule has 1 aliphatic rings. The average Bonchev–Trinajstić information content (AvgIpc) is 2.28. The number of carbonyl (C=O) groups is 1. The predicted molar refractivity (Wildman–Crippen MR) is 48.9 cm³/mol. The van der Waals surface area contributed by atoms with Crippen LogP contribution in [0.2, 0.25) is 0 Å². The fourth-order valence-electron chi connectivity index (χ4n) is 0.874. The number of carboxylic acids is 1. The molecule has 0 radical (unpaired) electrons. The van der Waals surface area contributed by atoms with Crippen molar-refractivity contribution in [1.82, 2.24) is 0 Å². The molecule has 3 N–H and O–H groups in total. The number of hydrogen-bond acceptors (Lipinski definition) is 4. The number of rotatable bonds is 1. The van der Waals surface area contributed by atoms with Crippen molar-refractivity contribution in [3.63, 3.8) is 0 Å². The Morgan fingerprint density at radius 2 is 2.15 bits per heavy atom. The molecule has 0 saturated carbocycles. The first-order chi connectivity index (χ1) is 5.95. The van der Waals surface area contributed by atoms with Gasteiger partial charge >= 0.3 is 5.97 Å². The van der Waals surface area contributed by atoms with Crippen LogP contribution in [0, 0.1) is 0 Å². The van der Waals surface area contributed by atoms with Crippen molar-refractivity contribution in [1.29, 1.82) is 0 Å². The van der Waals surface area contributed by atoms with Gasteiger partial charge in [0, 0.05) is 9.45 Å². The van der Waals surface area contributed by atoms with Crippen molar-refractivity contribution in [3.8, 4) is 0 Å². The van der Waals surface area contributed by atoms with Gasteiger partial charge in [-0.15, -0.1) is 0 Å². The van der Waals surface area contributed by atoms with Crippen molar-refractivity contribution < 1.29 is 18.3 Å². The molecule has 0 bridgehead atoms. The summed E-state index contributed by atoms with van der Waals surface area (Å²) in [7, 11) is -3.98. The Morgan fingerprint density at radius 3 is 2.46 bits per heavy atom. The van der Waals surface area contributed by atoms with E-state index in [1.807, 2.05) is 0 Å². The van der Waals surface area contributed by atoms with Crippen LogP contribution in [0.1, 0.15) is 6.92 Å². The van der Waals surface area contributed by atoms with Crippen LogP contribution in [-0.4, -0.2) is 19.5 Å². The molecule has 1 rings (SSSR count). The Morgan fingerprint density at radius 1 is 1.62 bits per heavy atom. The highest BCUT2D eigenvalue weighted by molar-refractivity contribution is 8.38. The molecular formula is C6H7NO4S2. The SMILES string of the molecule is CC1=C(N)S(=S(=O)=O)C(C(=O)O)=C1. The molecule has 0 aliphatic carbocycles. The quantitative estimate of drug-likeness (QED) is 0.626. The van der Waals surface area contributed by atoms with Crippen LogP contribution in [0.4, 0.5) is 0 Å². The van der Waals surface area contributed by atoms with E-state index in [2.05, 4.69) is 0 Å². The van der Waals surface area contributed by atoms with Crippen LogP contribution in [0.3, 0.4) is 0 Å². The standard InChI is InChI=1S/C6H7NO4S2/c1-3-2-4(6(8)9)12(5(3)7)13(10)11/h2H,7H2,1H3,(H,8,9). The van der Waals surface area contributed by atoms with Gasteiger partial charge in [-0.3, -0.25) is 0 Å². The maximum absolute atomic E-state index is 10.7. The summed E-state index contributed by atoms with van der Waals surface area (Å²) in [6.45, 7) is 1.58. The minimum absolute atomic E-state index is 0.116. The Labute approximate surface area is 77.7 Å². The molecule has 72 valence electrons. The third-order valence-corrected chi connectivity index (χ3v) is 5.06. The van der Waals surface area contributed by atoms with Gasteiger partial charge < -0.3 is 10.8 Å². The first-order valence-electron chi connectivity index (χ1n) is 3.20. The summed E-state index contributed by atoms with van der Waals surface area (Å²) in [5.41, 5.74) is 5.94. The van der Waals surface area contributed by atoms with Gasteiger partial charge in [0.2, 0.25) is 0 Å². The lowest BCUT2D eigenvalue weighted by atomic mass is 10.3. The molecule has 0 spiro atoms. The normalized spacial score (nSPS) is 21.6. The summed E-state index contributed by atoms with van der Waals surface area (Å²) in [6, 6.07) is 0. The number of aliphatic carboxylic acids is 1. The highest BCUT2D eigenvalue weighted by Gasteiger charge is 2.24. The zero-order valence-electron chi connectivity index (χ0n) is 6.64. The number of allylic oxidation sites excluding steroid dienone is 2. The first-order valence-corrected chi connectivity index (χ1v) is 6.02. The van der Waals surface area contributed by atoms with Crippen molar-refractivity contribution in [2.75, 3.05) is 0 Å². The Bertz CT molecular complexity index is 461. The van der Waals surface area contributed by atoms with Crippen molar-refractivity contribution >= 4 is 24.7 Å². The van der Waals surface area contributed by atoms with Crippen molar-refractivity contribution in [2.45, 2.75) is 6.92 Å². The van der Waals surface area contributed by atoms with E-state index in [0.29, 0.717) is 5.57 Å². The topological polar surface area (TPSA) is 97.5 Å². The number of carboxylic acid groups (broad SMARTS) is 1. The lowest BCUT2D eigenvalue weighted by Gasteiger charge is -1.97. The molecule has 1 atom stereocenters. The van der Waals surface area contributed by atoms with Gasteiger partial charge in [-0.2, -0.15) is 8.42 Å². The van der Waals surface area contributed by atoms with Crippen LogP contribution in [0.25, 0.3) is 0 Å². The summed E-state index contributed by atoms with van der Waals surface area (Å²) in [4.78, 5) is 10.4. The largest absolute Gasteiger partial charge is 0.477 e. The zero-order valence-corrected chi connectivity index (χ0v) is 8.28. The van der Waals surface area contributed by atoms with Crippen LogP contribution in [0.5, 0.6) is 0 Å².